The van der Waals surface area contributed by atoms with Crippen LogP contribution in [0, 0.1) is 5.92 Å². The van der Waals surface area contributed by atoms with Crippen LogP contribution in [0.3, 0.4) is 0 Å². The molecule has 0 fully saturated rings. The number of hydrogen-bond donors (Lipinski definition) is 1. The lowest BCUT2D eigenvalue weighted by Gasteiger charge is -2.22. The van der Waals surface area contributed by atoms with Crippen molar-refractivity contribution in [1.29, 1.82) is 0 Å². The fraction of sp³-hybridized carbons (Fsp3) is 0.333. The van der Waals surface area contributed by atoms with Crippen molar-refractivity contribution < 1.29 is 9.53 Å². The van der Waals surface area contributed by atoms with Crippen LogP contribution in [0.1, 0.15) is 12.2 Å². The second-order valence-corrected chi connectivity index (χ2v) is 5.47. The van der Waals surface area contributed by atoms with Gasteiger partial charge in [0.1, 0.15) is 11.6 Å². The zero-order valence-electron chi connectivity index (χ0n) is 11.7. The van der Waals surface area contributed by atoms with Gasteiger partial charge in [0.2, 0.25) is 5.91 Å². The molecule has 0 aliphatic carbocycles. The van der Waals surface area contributed by atoms with Crippen molar-refractivity contribution in [2.75, 3.05) is 12.4 Å². The number of hydrogen-bond acceptors (Lipinski definition) is 3. The van der Waals surface area contributed by atoms with E-state index in [1.807, 2.05) is 6.20 Å². The molecule has 6 heteroatoms. The zero-order valence-corrected chi connectivity index (χ0v) is 12.4. The number of methoxy groups -OCH3 is 1. The number of imidazole rings is 1. The second kappa shape index (κ2) is 5.77. The standard InChI is InChI=1S/C15H16ClN3O2/c1-21-13-3-2-11(9-12(13)16)18-15(20)10-4-6-19-7-5-17-14(19)8-10/h2-3,5,7,9-10H,4,6,8H2,1H3,(H,18,20). The molecule has 110 valence electrons. The molecule has 5 nitrogen and oxygen atoms in total. The highest BCUT2D eigenvalue weighted by Gasteiger charge is 2.25. The van der Waals surface area contributed by atoms with Gasteiger partial charge in [-0.2, -0.15) is 0 Å². The number of nitrogens with one attached hydrogen (secondary N) is 1. The maximum Gasteiger partial charge on any atom is 0.228 e. The van der Waals surface area contributed by atoms with E-state index in [-0.39, 0.29) is 11.8 Å². The lowest BCUT2D eigenvalue weighted by atomic mass is 9.97. The highest BCUT2D eigenvalue weighted by atomic mass is 35.5. The largest absolute Gasteiger partial charge is 0.495 e. The summed E-state index contributed by atoms with van der Waals surface area (Å²) in [6.07, 6.45) is 5.22. The molecule has 3 rings (SSSR count). The molecule has 1 amide bonds. The van der Waals surface area contributed by atoms with Gasteiger partial charge in [0, 0.05) is 37.0 Å². The predicted molar refractivity (Wildman–Crippen MR) is 80.7 cm³/mol. The first-order valence-corrected chi connectivity index (χ1v) is 7.19. The molecule has 1 unspecified atom stereocenters. The molecule has 0 bridgehead atoms. The lowest BCUT2D eigenvalue weighted by molar-refractivity contribution is -0.120. The van der Waals surface area contributed by atoms with E-state index in [2.05, 4.69) is 14.9 Å². The summed E-state index contributed by atoms with van der Waals surface area (Å²) in [6.45, 7) is 0.830. The minimum absolute atomic E-state index is 0.00508. The maximum absolute atomic E-state index is 12.3. The van der Waals surface area contributed by atoms with Crippen molar-refractivity contribution in [2.45, 2.75) is 19.4 Å². The molecule has 0 radical (unpaired) electrons. The van der Waals surface area contributed by atoms with Gasteiger partial charge in [-0.25, -0.2) is 4.98 Å². The molecule has 1 aliphatic rings. The molecule has 1 aromatic heterocycles. The molecule has 0 spiro atoms. The molecule has 1 aliphatic heterocycles. The lowest BCUT2D eigenvalue weighted by Crippen LogP contribution is -2.30. The Morgan fingerprint density at radius 3 is 3.14 bits per heavy atom. The Labute approximate surface area is 127 Å². The maximum atomic E-state index is 12.3. The molecule has 21 heavy (non-hydrogen) atoms. The zero-order chi connectivity index (χ0) is 14.8. The van der Waals surface area contributed by atoms with Crippen molar-refractivity contribution in [3.63, 3.8) is 0 Å². The van der Waals surface area contributed by atoms with Gasteiger partial charge < -0.3 is 14.6 Å². The number of aromatic nitrogens is 2. The third kappa shape index (κ3) is 2.88. The van der Waals surface area contributed by atoms with E-state index in [9.17, 15) is 4.79 Å². The van der Waals surface area contributed by atoms with Crippen molar-refractivity contribution >= 4 is 23.2 Å². The number of carbonyl (C=O) groups is 1. The number of halogens is 1. The first-order valence-electron chi connectivity index (χ1n) is 6.82. The van der Waals surface area contributed by atoms with Gasteiger partial charge in [-0.1, -0.05) is 11.6 Å². The molecule has 1 aromatic carbocycles. The van der Waals surface area contributed by atoms with Crippen molar-refractivity contribution in [2.24, 2.45) is 5.92 Å². The Bertz CT molecular complexity index is 669. The predicted octanol–water partition coefficient (Wildman–Crippen LogP) is 2.75. The summed E-state index contributed by atoms with van der Waals surface area (Å²) >= 11 is 6.06. The first kappa shape index (κ1) is 13.9. The number of anilines is 1. The minimum atomic E-state index is -0.0548. The third-order valence-electron chi connectivity index (χ3n) is 3.74. The van der Waals surface area contributed by atoms with Crippen molar-refractivity contribution in [3.05, 3.63) is 41.4 Å². The molecule has 2 heterocycles. The summed E-state index contributed by atoms with van der Waals surface area (Å²) in [5.41, 5.74) is 0.680. The van der Waals surface area contributed by atoms with Gasteiger partial charge >= 0.3 is 0 Å². The fourth-order valence-electron chi connectivity index (χ4n) is 2.56. The number of ether oxygens (including phenoxy) is 1. The van der Waals surface area contributed by atoms with Gasteiger partial charge in [0.25, 0.3) is 0 Å². The number of amides is 1. The van der Waals surface area contributed by atoms with E-state index in [0.717, 1.165) is 18.8 Å². The Hall–Kier alpha value is -2.01. The van der Waals surface area contributed by atoms with Crippen LogP contribution in [0.25, 0.3) is 0 Å². The van der Waals surface area contributed by atoms with E-state index >= 15 is 0 Å². The molecular formula is C15H16ClN3O2. The summed E-state index contributed by atoms with van der Waals surface area (Å²) < 4.78 is 7.19. The third-order valence-corrected chi connectivity index (χ3v) is 4.03. The molecular weight excluding hydrogens is 290 g/mol. The van der Waals surface area contributed by atoms with Crippen LogP contribution in [0.15, 0.2) is 30.6 Å². The van der Waals surface area contributed by atoms with E-state index in [0.29, 0.717) is 22.9 Å². The topological polar surface area (TPSA) is 56.1 Å². The molecule has 0 saturated carbocycles. The fourth-order valence-corrected chi connectivity index (χ4v) is 2.82. The van der Waals surface area contributed by atoms with Crippen LogP contribution >= 0.6 is 11.6 Å². The van der Waals surface area contributed by atoms with E-state index in [1.165, 1.54) is 0 Å². The van der Waals surface area contributed by atoms with Crippen LogP contribution in [-0.2, 0) is 17.8 Å². The molecule has 0 saturated heterocycles. The van der Waals surface area contributed by atoms with Crippen LogP contribution in [0.5, 0.6) is 5.75 Å². The normalized spacial score (nSPS) is 17.1. The Morgan fingerprint density at radius 2 is 2.38 bits per heavy atom. The van der Waals surface area contributed by atoms with Crippen LogP contribution < -0.4 is 10.1 Å². The summed E-state index contributed by atoms with van der Waals surface area (Å²) in [5.74, 6) is 1.51. The SMILES string of the molecule is COc1ccc(NC(=O)C2CCn3ccnc3C2)cc1Cl. The minimum Gasteiger partial charge on any atom is -0.495 e. The summed E-state index contributed by atoms with van der Waals surface area (Å²) in [6, 6.07) is 5.22. The van der Waals surface area contributed by atoms with E-state index < -0.39 is 0 Å². The van der Waals surface area contributed by atoms with E-state index in [4.69, 9.17) is 16.3 Å². The van der Waals surface area contributed by atoms with Gasteiger partial charge in [0.15, 0.2) is 0 Å². The van der Waals surface area contributed by atoms with Crippen LogP contribution in [-0.4, -0.2) is 22.6 Å². The summed E-state index contributed by atoms with van der Waals surface area (Å²) in [7, 11) is 1.56. The Morgan fingerprint density at radius 1 is 1.52 bits per heavy atom. The smallest absolute Gasteiger partial charge is 0.228 e. The molecule has 2 aromatic rings. The van der Waals surface area contributed by atoms with Crippen molar-refractivity contribution in [1.82, 2.24) is 9.55 Å². The highest BCUT2D eigenvalue weighted by molar-refractivity contribution is 6.32. The highest BCUT2D eigenvalue weighted by Crippen LogP contribution is 2.28. The number of fused-ring (bicyclic) bond motifs is 1. The Balaban J connectivity index is 1.68. The molecule has 1 atom stereocenters. The van der Waals surface area contributed by atoms with Crippen LogP contribution in [0.2, 0.25) is 5.02 Å². The average Bonchev–Trinajstić information content (AvgIpc) is 2.94. The number of aryl methyl sites for hydroxylation is 1. The number of rotatable bonds is 3. The molecule has 1 N–H and O–H groups in total. The first-order chi connectivity index (χ1) is 10.2. The van der Waals surface area contributed by atoms with Gasteiger partial charge in [-0.3, -0.25) is 4.79 Å². The number of nitrogens with zero attached hydrogens (tertiary/aromatic N) is 2. The Kier molecular flexibility index (Phi) is 3.84. The average molecular weight is 306 g/mol. The van der Waals surface area contributed by atoms with Gasteiger partial charge in [-0.15, -0.1) is 0 Å². The quantitative estimate of drug-likeness (QED) is 0.948. The van der Waals surface area contributed by atoms with E-state index in [1.54, 1.807) is 31.5 Å². The van der Waals surface area contributed by atoms with Gasteiger partial charge in [0.05, 0.1) is 12.1 Å². The van der Waals surface area contributed by atoms with Crippen molar-refractivity contribution in [3.8, 4) is 5.75 Å². The summed E-state index contributed by atoms with van der Waals surface area (Å²) in [4.78, 5) is 16.6. The number of carbonyl (C=O) groups excluding carboxylic acids is 1. The number of benzene rings is 1. The van der Waals surface area contributed by atoms with Crippen LogP contribution in [0.4, 0.5) is 5.69 Å². The monoisotopic (exact) mass is 305 g/mol. The second-order valence-electron chi connectivity index (χ2n) is 5.07. The van der Waals surface area contributed by atoms with Gasteiger partial charge in [-0.05, 0) is 24.6 Å². The summed E-state index contributed by atoms with van der Waals surface area (Å²) in [5, 5.41) is 3.39.